The van der Waals surface area contributed by atoms with Crippen LogP contribution in [0.1, 0.15) is 60.5 Å². The van der Waals surface area contributed by atoms with Crippen LogP contribution in [-0.4, -0.2) is 11.5 Å². The Hall–Kier alpha value is -2.07. The molecule has 1 amide bonds. The van der Waals surface area contributed by atoms with Crippen molar-refractivity contribution in [1.29, 1.82) is 0 Å². The first-order valence-electron chi connectivity index (χ1n) is 9.10. The van der Waals surface area contributed by atoms with Crippen LogP contribution in [0.5, 0.6) is 5.75 Å². The summed E-state index contributed by atoms with van der Waals surface area (Å²) < 4.78 is 20.5. The highest BCUT2D eigenvalue weighted by Crippen LogP contribution is 2.46. The average Bonchev–Trinajstić information content (AvgIpc) is 2.62. The number of rotatable bonds is 2. The van der Waals surface area contributed by atoms with E-state index >= 15 is 0 Å². The summed E-state index contributed by atoms with van der Waals surface area (Å²) in [5.41, 5.74) is 0.728. The van der Waals surface area contributed by atoms with Gasteiger partial charge in [-0.2, -0.15) is 0 Å². The zero-order valence-electron chi connectivity index (χ0n) is 14.4. The molecule has 1 fully saturated rings. The number of halogens is 2. The third kappa shape index (κ3) is 3.30. The van der Waals surface area contributed by atoms with Gasteiger partial charge in [0.25, 0.3) is 5.91 Å². The minimum Gasteiger partial charge on any atom is -0.487 e. The van der Waals surface area contributed by atoms with Gasteiger partial charge in [-0.15, -0.1) is 0 Å². The normalized spacial score (nSPS) is 20.9. The fourth-order valence-electron chi connectivity index (χ4n) is 4.16. The Morgan fingerprint density at radius 2 is 1.92 bits per heavy atom. The molecular weight excluding hydrogens is 353 g/mol. The molecule has 0 aromatic heterocycles. The second kappa shape index (κ2) is 6.92. The minimum absolute atomic E-state index is 0.0102. The summed E-state index contributed by atoms with van der Waals surface area (Å²) in [4.78, 5) is 12.7. The van der Waals surface area contributed by atoms with E-state index in [0.717, 1.165) is 43.1 Å². The number of carbonyl (C=O) groups is 1. The van der Waals surface area contributed by atoms with Gasteiger partial charge in [0, 0.05) is 17.0 Å². The molecule has 0 unspecified atom stereocenters. The number of nitrogens with one attached hydrogen (secondary N) is 1. The standard InChI is InChI=1S/C21H21ClFNO2/c22-14-8-9-15(17(23)12-14)20(25)24-18-13-21(10-4-1-5-11-21)26-19-7-3-2-6-16(18)19/h2-3,6-9,12,18H,1,4-5,10-11,13H2,(H,24,25)/t18-/m1/s1. The molecule has 2 aromatic carbocycles. The van der Waals surface area contributed by atoms with Crippen molar-refractivity contribution in [3.8, 4) is 5.75 Å². The molecule has 0 saturated heterocycles. The van der Waals surface area contributed by atoms with Crippen molar-refractivity contribution in [2.24, 2.45) is 0 Å². The number of carbonyl (C=O) groups excluding carboxylic acids is 1. The molecule has 1 N–H and O–H groups in total. The Kier molecular flexibility index (Phi) is 4.62. The molecule has 2 aliphatic rings. The second-order valence-electron chi connectivity index (χ2n) is 7.24. The number of fused-ring (bicyclic) bond motifs is 1. The topological polar surface area (TPSA) is 38.3 Å². The molecule has 1 saturated carbocycles. The number of para-hydroxylation sites is 1. The predicted molar refractivity (Wildman–Crippen MR) is 99.1 cm³/mol. The third-order valence-corrected chi connectivity index (χ3v) is 5.68. The lowest BCUT2D eigenvalue weighted by atomic mass is 9.77. The van der Waals surface area contributed by atoms with E-state index in [4.69, 9.17) is 16.3 Å². The van der Waals surface area contributed by atoms with E-state index in [0.29, 0.717) is 6.42 Å². The fourth-order valence-corrected chi connectivity index (χ4v) is 4.32. The smallest absolute Gasteiger partial charge is 0.254 e. The van der Waals surface area contributed by atoms with Gasteiger partial charge in [-0.25, -0.2) is 4.39 Å². The molecule has 1 atom stereocenters. The SMILES string of the molecule is O=C(N[C@@H]1CC2(CCCCC2)Oc2ccccc21)c1ccc(Cl)cc1F. The highest BCUT2D eigenvalue weighted by molar-refractivity contribution is 6.30. The Bertz CT molecular complexity index is 833. The van der Waals surface area contributed by atoms with Crippen LogP contribution in [-0.2, 0) is 0 Å². The Morgan fingerprint density at radius 1 is 1.15 bits per heavy atom. The van der Waals surface area contributed by atoms with Gasteiger partial charge >= 0.3 is 0 Å². The van der Waals surface area contributed by atoms with Crippen molar-refractivity contribution in [2.45, 2.75) is 50.2 Å². The number of hydrogen-bond donors (Lipinski definition) is 1. The second-order valence-corrected chi connectivity index (χ2v) is 7.67. The van der Waals surface area contributed by atoms with Gasteiger partial charge in [-0.3, -0.25) is 4.79 Å². The van der Waals surface area contributed by atoms with Crippen molar-refractivity contribution in [2.75, 3.05) is 0 Å². The molecule has 0 bridgehead atoms. The molecule has 2 aromatic rings. The van der Waals surface area contributed by atoms with Gasteiger partial charge in [-0.1, -0.05) is 36.2 Å². The lowest BCUT2D eigenvalue weighted by molar-refractivity contribution is -0.00211. The number of ether oxygens (including phenoxy) is 1. The molecule has 1 aliphatic carbocycles. The largest absolute Gasteiger partial charge is 0.487 e. The average molecular weight is 374 g/mol. The quantitative estimate of drug-likeness (QED) is 0.761. The highest BCUT2D eigenvalue weighted by Gasteiger charge is 2.42. The third-order valence-electron chi connectivity index (χ3n) is 5.44. The van der Waals surface area contributed by atoms with Crippen LogP contribution in [0.4, 0.5) is 4.39 Å². The van der Waals surface area contributed by atoms with Crippen molar-refractivity contribution in [1.82, 2.24) is 5.32 Å². The van der Waals surface area contributed by atoms with Gasteiger partial charge in [-0.05, 0) is 49.9 Å². The molecular formula is C21H21ClFNO2. The summed E-state index contributed by atoms with van der Waals surface area (Å²) in [5.74, 6) is -0.211. The fraction of sp³-hybridized carbons (Fsp3) is 0.381. The maximum atomic E-state index is 14.1. The molecule has 136 valence electrons. The maximum absolute atomic E-state index is 14.1. The van der Waals surface area contributed by atoms with Gasteiger partial charge in [0.05, 0.1) is 11.6 Å². The molecule has 4 rings (SSSR count). The molecule has 1 heterocycles. The Morgan fingerprint density at radius 3 is 2.69 bits per heavy atom. The Labute approximate surface area is 157 Å². The minimum atomic E-state index is -0.609. The van der Waals surface area contributed by atoms with Crippen LogP contribution in [0.15, 0.2) is 42.5 Å². The van der Waals surface area contributed by atoms with E-state index in [1.807, 2.05) is 24.3 Å². The van der Waals surface area contributed by atoms with Crippen molar-refractivity contribution in [3.05, 3.63) is 64.4 Å². The van der Waals surface area contributed by atoms with E-state index in [-0.39, 0.29) is 22.2 Å². The number of amides is 1. The van der Waals surface area contributed by atoms with E-state index in [1.165, 1.54) is 18.6 Å². The monoisotopic (exact) mass is 373 g/mol. The van der Waals surface area contributed by atoms with Crippen LogP contribution in [0, 0.1) is 5.82 Å². The summed E-state index contributed by atoms with van der Waals surface area (Å²) in [6.45, 7) is 0. The maximum Gasteiger partial charge on any atom is 0.254 e. The van der Waals surface area contributed by atoms with Gasteiger partial charge in [0.15, 0.2) is 0 Å². The zero-order valence-corrected chi connectivity index (χ0v) is 15.2. The van der Waals surface area contributed by atoms with Crippen molar-refractivity contribution < 1.29 is 13.9 Å². The van der Waals surface area contributed by atoms with Gasteiger partial charge < -0.3 is 10.1 Å². The van der Waals surface area contributed by atoms with Crippen molar-refractivity contribution >= 4 is 17.5 Å². The van der Waals surface area contributed by atoms with E-state index in [2.05, 4.69) is 5.32 Å². The van der Waals surface area contributed by atoms with E-state index < -0.39 is 11.7 Å². The lowest BCUT2D eigenvalue weighted by Gasteiger charge is -2.44. The van der Waals surface area contributed by atoms with Crippen LogP contribution in [0.25, 0.3) is 0 Å². The highest BCUT2D eigenvalue weighted by atomic mass is 35.5. The summed E-state index contributed by atoms with van der Waals surface area (Å²) in [7, 11) is 0. The molecule has 3 nitrogen and oxygen atoms in total. The van der Waals surface area contributed by atoms with Crippen LogP contribution in [0.2, 0.25) is 5.02 Å². The zero-order chi connectivity index (χ0) is 18.1. The van der Waals surface area contributed by atoms with Crippen LogP contribution < -0.4 is 10.1 Å². The molecule has 26 heavy (non-hydrogen) atoms. The lowest BCUT2D eigenvalue weighted by Crippen LogP contribution is -2.46. The van der Waals surface area contributed by atoms with E-state index in [1.54, 1.807) is 0 Å². The molecule has 1 spiro atoms. The van der Waals surface area contributed by atoms with Gasteiger partial charge in [0.2, 0.25) is 0 Å². The van der Waals surface area contributed by atoms with E-state index in [9.17, 15) is 9.18 Å². The van der Waals surface area contributed by atoms with Gasteiger partial charge in [0.1, 0.15) is 17.2 Å². The molecule has 5 heteroatoms. The number of benzene rings is 2. The first kappa shape index (κ1) is 17.3. The first-order chi connectivity index (χ1) is 12.6. The first-order valence-corrected chi connectivity index (χ1v) is 9.48. The van der Waals surface area contributed by atoms with Crippen LogP contribution in [0.3, 0.4) is 0 Å². The summed E-state index contributed by atoms with van der Waals surface area (Å²) in [6.07, 6.45) is 6.18. The molecule has 1 aliphatic heterocycles. The van der Waals surface area contributed by atoms with Crippen molar-refractivity contribution in [3.63, 3.8) is 0 Å². The molecule has 0 radical (unpaired) electrons. The Balaban J connectivity index is 1.62. The summed E-state index contributed by atoms with van der Waals surface area (Å²) in [5, 5.41) is 3.30. The van der Waals surface area contributed by atoms with Crippen LogP contribution >= 0.6 is 11.6 Å². The summed E-state index contributed by atoms with van der Waals surface area (Å²) in [6, 6.07) is 11.7. The summed E-state index contributed by atoms with van der Waals surface area (Å²) >= 11 is 5.79. The number of hydrogen-bond acceptors (Lipinski definition) is 2. The predicted octanol–water partition coefficient (Wildman–Crippen LogP) is 5.44.